The maximum Gasteiger partial charge on any atom is -0.693 e. The zero-order chi connectivity index (χ0) is 2.00. The molecule has 0 aliphatic rings. The Morgan fingerprint density at radius 1 is 0.833 bits per heavy atom. The van der Waals surface area contributed by atoms with Crippen molar-refractivity contribution in [2.45, 2.75) is 0 Å². The molecule has 0 radical (unpaired) electrons. The fourth-order valence-electron chi connectivity index (χ4n) is 0. The Kier molecular flexibility index (Phi) is 1210. The number of hydrogen-bond acceptors (Lipinski definition) is 0. The minimum Gasteiger partial charge on any atom is -0.693 e. The SMILES string of the molecule is Cl.[Cl][Pt].[NH2-].[NH2-].[NH2-]. The molecule has 0 heterocycles. The van der Waals surface area contributed by atoms with Crippen LogP contribution >= 0.6 is 21.8 Å². The van der Waals surface area contributed by atoms with E-state index in [1.54, 1.807) is 18.8 Å². The van der Waals surface area contributed by atoms with Gasteiger partial charge in [0.05, 0.1) is 0 Å². The molecule has 0 spiro atoms. The number of hydrogen-bond donors (Lipinski definition) is 0. The van der Waals surface area contributed by atoms with Gasteiger partial charge in [-0.15, -0.1) is 12.4 Å². The van der Waals surface area contributed by atoms with Crippen molar-refractivity contribution >= 4 is 21.8 Å². The Bertz CT molecular complexity index is 8.75. The van der Waals surface area contributed by atoms with E-state index >= 15 is 0 Å². The van der Waals surface area contributed by atoms with Crippen molar-refractivity contribution in [3.05, 3.63) is 18.5 Å². The topological polar surface area (TPSA) is 100 Å². The van der Waals surface area contributed by atoms with Gasteiger partial charge in [0.2, 0.25) is 0 Å². The van der Waals surface area contributed by atoms with E-state index in [2.05, 4.69) is 9.42 Å². The second-order valence-electron chi connectivity index (χ2n) is 0. The summed E-state index contributed by atoms with van der Waals surface area (Å²) in [5.41, 5.74) is 0. The van der Waals surface area contributed by atoms with Crippen molar-refractivity contribution in [2.24, 2.45) is 0 Å². The van der Waals surface area contributed by atoms with Crippen molar-refractivity contribution in [1.82, 2.24) is 0 Å². The fraction of sp³-hybridized carbons (Fsp3) is 0. The molecule has 3 nitrogen and oxygen atoms in total. The molecule has 49 valence electrons. The van der Waals surface area contributed by atoms with Crippen LogP contribution in [0.3, 0.4) is 0 Å². The molecule has 0 saturated carbocycles. The number of nitrogens with two attached hydrogens (primary N) is 3. The van der Waals surface area contributed by atoms with E-state index in [0.717, 1.165) is 0 Å². The second kappa shape index (κ2) is 124. The monoisotopic (exact) mass is 314 g/mol. The van der Waals surface area contributed by atoms with Gasteiger partial charge in [-0.2, -0.15) is 0 Å². The first kappa shape index (κ1) is 58.5. The summed E-state index contributed by atoms with van der Waals surface area (Å²) < 4.78 is 0. The zero-order valence-corrected chi connectivity index (χ0v) is 6.68. The number of halogens is 2. The molecule has 0 aromatic heterocycles. The van der Waals surface area contributed by atoms with E-state index in [-0.39, 0.29) is 30.9 Å². The molecule has 0 fully saturated rings. The average Bonchev–Trinajstić information content (AvgIpc) is 1.00. The first-order valence-electron chi connectivity index (χ1n) is 0.120. The van der Waals surface area contributed by atoms with Crippen LogP contribution in [0, 0.1) is 0 Å². The normalized spacial score (nSPS) is 1.17. The summed E-state index contributed by atoms with van der Waals surface area (Å²) in [5.74, 6) is 0. The van der Waals surface area contributed by atoms with Gasteiger partial charge in [0.1, 0.15) is 0 Å². The van der Waals surface area contributed by atoms with Gasteiger partial charge in [-0.1, -0.05) is 0 Å². The van der Waals surface area contributed by atoms with Gasteiger partial charge in [-0.05, 0) is 0 Å². The fourth-order valence-corrected chi connectivity index (χ4v) is 0. The van der Waals surface area contributed by atoms with Gasteiger partial charge in [-0.25, -0.2) is 0 Å². The molecule has 6 heavy (non-hydrogen) atoms. The summed E-state index contributed by atoms with van der Waals surface area (Å²) >= 11 is 1.61. The third-order valence-electron chi connectivity index (χ3n) is 0. The van der Waals surface area contributed by atoms with E-state index < -0.39 is 0 Å². The Morgan fingerprint density at radius 3 is 0.833 bits per heavy atom. The molecule has 0 aromatic carbocycles. The van der Waals surface area contributed by atoms with Crippen LogP contribution in [0.1, 0.15) is 0 Å². The molecule has 0 saturated heterocycles. The van der Waals surface area contributed by atoms with Crippen LogP contribution in [0.25, 0.3) is 18.5 Å². The maximum atomic E-state index is 4.61. The van der Waals surface area contributed by atoms with Gasteiger partial charge >= 0.3 is 28.2 Å². The van der Waals surface area contributed by atoms with Gasteiger partial charge in [-0.3, -0.25) is 0 Å². The molecule has 0 atom stereocenters. The zero-order valence-electron chi connectivity index (χ0n) is 2.83. The molecule has 0 aromatic rings. The van der Waals surface area contributed by atoms with Crippen molar-refractivity contribution < 1.29 is 18.8 Å². The van der Waals surface area contributed by atoms with E-state index in [1.807, 2.05) is 0 Å². The maximum absolute atomic E-state index is 4.61. The molecular formula is H7Cl2N3Pt-3. The molecule has 0 aliphatic carbocycles. The first-order valence-corrected chi connectivity index (χ1v) is 2.94. The van der Waals surface area contributed by atoms with Crippen molar-refractivity contribution in [2.75, 3.05) is 0 Å². The van der Waals surface area contributed by atoms with Crippen molar-refractivity contribution in [3.63, 3.8) is 0 Å². The van der Waals surface area contributed by atoms with Crippen LogP contribution in [0.15, 0.2) is 0 Å². The summed E-state index contributed by atoms with van der Waals surface area (Å²) in [7, 11) is 4.61. The smallest absolute Gasteiger partial charge is 0.693 e. The van der Waals surface area contributed by atoms with Crippen LogP contribution in [-0.2, 0) is 18.8 Å². The van der Waals surface area contributed by atoms with Gasteiger partial charge in [0, 0.05) is 0 Å². The summed E-state index contributed by atoms with van der Waals surface area (Å²) in [6.07, 6.45) is 0. The van der Waals surface area contributed by atoms with Crippen molar-refractivity contribution in [1.29, 1.82) is 0 Å². The largest absolute Gasteiger partial charge is 0.693 e. The van der Waals surface area contributed by atoms with Gasteiger partial charge in [0.25, 0.3) is 0 Å². The van der Waals surface area contributed by atoms with Gasteiger partial charge < -0.3 is 18.5 Å². The molecular weight excluding hydrogens is 308 g/mol. The second-order valence-corrected chi connectivity index (χ2v) is 0. The first-order chi connectivity index (χ1) is 1.00. The molecule has 0 rings (SSSR count). The predicted octanol–water partition coefficient (Wildman–Crippen LogP) is 3.26. The summed E-state index contributed by atoms with van der Waals surface area (Å²) in [4.78, 5) is 0. The Balaban J connectivity index is -0.000000000833. The van der Waals surface area contributed by atoms with E-state index in [9.17, 15) is 0 Å². The third kappa shape index (κ3) is 67.2. The van der Waals surface area contributed by atoms with E-state index in [1.165, 1.54) is 0 Å². The number of rotatable bonds is 0. The van der Waals surface area contributed by atoms with E-state index in [4.69, 9.17) is 0 Å². The average molecular weight is 315 g/mol. The minimum atomic E-state index is 0. The van der Waals surface area contributed by atoms with Crippen LogP contribution in [-0.4, -0.2) is 0 Å². The minimum absolute atomic E-state index is 0. The predicted molar refractivity (Wildman–Crippen MR) is 29.0 cm³/mol. The molecule has 6 N–H and O–H groups in total. The summed E-state index contributed by atoms with van der Waals surface area (Å²) in [6, 6.07) is 0. The molecule has 0 unspecified atom stereocenters. The standard InChI is InChI=1S/2ClH.3H2N.Pt/h2*1H;3*1H2;/q;;3*-1;+1/p-1. The molecule has 6 heteroatoms. The Labute approximate surface area is 59.2 Å². The molecule has 0 amide bonds. The van der Waals surface area contributed by atoms with Crippen LogP contribution in [0.5, 0.6) is 0 Å². The van der Waals surface area contributed by atoms with Crippen LogP contribution in [0.2, 0.25) is 0 Å². The molecule has 0 bridgehead atoms. The Hall–Kier alpha value is 1.15. The van der Waals surface area contributed by atoms with Crippen molar-refractivity contribution in [3.8, 4) is 0 Å². The quantitative estimate of drug-likeness (QED) is 0.655. The molecule has 0 aliphatic heterocycles. The Morgan fingerprint density at radius 2 is 0.833 bits per heavy atom. The van der Waals surface area contributed by atoms with Crippen LogP contribution in [0.4, 0.5) is 0 Å². The van der Waals surface area contributed by atoms with Crippen LogP contribution < -0.4 is 0 Å². The summed E-state index contributed by atoms with van der Waals surface area (Å²) in [5, 5.41) is 0. The van der Waals surface area contributed by atoms with Gasteiger partial charge in [0.15, 0.2) is 0 Å². The third-order valence-corrected chi connectivity index (χ3v) is 0. The van der Waals surface area contributed by atoms with E-state index in [0.29, 0.717) is 0 Å². The summed E-state index contributed by atoms with van der Waals surface area (Å²) in [6.45, 7) is 0.